The molecule has 7 heteroatoms. The number of nitrogens with zero attached hydrogens (tertiary/aromatic N) is 1. The third kappa shape index (κ3) is 3.83. The zero-order valence-corrected chi connectivity index (χ0v) is 15.4. The van der Waals surface area contributed by atoms with Crippen LogP contribution in [0.25, 0.3) is 22.4 Å². The van der Waals surface area contributed by atoms with Crippen LogP contribution in [0.5, 0.6) is 0 Å². The number of H-pyrrole nitrogens is 1. The lowest BCUT2D eigenvalue weighted by atomic mass is 10.1. The quantitative estimate of drug-likeness (QED) is 0.555. The number of fused-ring (bicyclic) bond motifs is 1. The highest BCUT2D eigenvalue weighted by atomic mass is 32.1. The molecule has 0 saturated heterocycles. The van der Waals surface area contributed by atoms with Crippen LogP contribution in [0.2, 0.25) is 0 Å². The molecule has 0 aliphatic rings. The van der Waals surface area contributed by atoms with E-state index in [-0.39, 0.29) is 5.91 Å². The van der Waals surface area contributed by atoms with Crippen LogP contribution in [0, 0.1) is 6.92 Å². The van der Waals surface area contributed by atoms with E-state index >= 15 is 0 Å². The maximum atomic E-state index is 12.2. The van der Waals surface area contributed by atoms with Crippen molar-refractivity contribution in [2.75, 3.05) is 6.54 Å². The van der Waals surface area contributed by atoms with Crippen LogP contribution >= 0.6 is 11.3 Å². The minimum atomic E-state index is -0.467. The number of carbonyl (C=O) groups excluding carboxylic acids is 1. The van der Waals surface area contributed by atoms with Crippen molar-refractivity contribution >= 4 is 28.3 Å². The highest BCUT2D eigenvalue weighted by Crippen LogP contribution is 2.25. The fraction of sp³-hybridized carbons (Fsp3) is 0.150. The number of thiazole rings is 1. The van der Waals surface area contributed by atoms with Crippen molar-refractivity contribution in [3.63, 3.8) is 0 Å². The molecule has 1 amide bonds. The zero-order valence-electron chi connectivity index (χ0n) is 14.6. The second-order valence-corrected chi connectivity index (χ2v) is 7.17. The highest BCUT2D eigenvalue weighted by molar-refractivity contribution is 7.09. The van der Waals surface area contributed by atoms with E-state index < -0.39 is 5.76 Å². The zero-order chi connectivity index (χ0) is 18.8. The van der Waals surface area contributed by atoms with Gasteiger partial charge in [-0.15, -0.1) is 11.3 Å². The molecule has 2 aromatic carbocycles. The molecule has 2 N–H and O–H groups in total. The first-order chi connectivity index (χ1) is 13.1. The Labute approximate surface area is 158 Å². The van der Waals surface area contributed by atoms with Gasteiger partial charge in [-0.1, -0.05) is 23.8 Å². The molecule has 27 heavy (non-hydrogen) atoms. The van der Waals surface area contributed by atoms with Gasteiger partial charge in [-0.2, -0.15) is 0 Å². The number of rotatable bonds is 5. The largest absolute Gasteiger partial charge is 0.417 e. The Morgan fingerprint density at radius 2 is 2.15 bits per heavy atom. The van der Waals surface area contributed by atoms with E-state index in [9.17, 15) is 9.59 Å². The van der Waals surface area contributed by atoms with Gasteiger partial charge in [0.2, 0.25) is 0 Å². The van der Waals surface area contributed by atoms with E-state index in [1.165, 1.54) is 0 Å². The van der Waals surface area contributed by atoms with E-state index in [1.54, 1.807) is 29.5 Å². The third-order valence-electron chi connectivity index (χ3n) is 4.17. The van der Waals surface area contributed by atoms with Crippen LogP contribution in [-0.4, -0.2) is 22.4 Å². The van der Waals surface area contributed by atoms with Crippen molar-refractivity contribution in [3.8, 4) is 11.3 Å². The molecule has 0 atom stereocenters. The average molecular weight is 379 g/mol. The van der Waals surface area contributed by atoms with Gasteiger partial charge in [0, 0.05) is 29.5 Å². The molecule has 2 heterocycles. The Hall–Kier alpha value is -3.19. The molecule has 0 aliphatic heterocycles. The number of benzene rings is 2. The Balaban J connectivity index is 1.40. The summed E-state index contributed by atoms with van der Waals surface area (Å²) in [6.07, 6.45) is 0.656. The highest BCUT2D eigenvalue weighted by Gasteiger charge is 2.09. The summed E-state index contributed by atoms with van der Waals surface area (Å²) >= 11 is 1.54. The van der Waals surface area contributed by atoms with Gasteiger partial charge in [-0.3, -0.25) is 9.78 Å². The number of nitrogens with one attached hydrogen (secondary N) is 2. The molecule has 0 bridgehead atoms. The molecule has 4 aromatic rings. The molecule has 4 rings (SSSR count). The predicted octanol–water partition coefficient (Wildman–Crippen LogP) is 3.53. The summed E-state index contributed by atoms with van der Waals surface area (Å²) in [5, 5.41) is 5.82. The standard InChI is InChI=1S/C20H17N3O3S/c1-12-3-2-4-14(9-12)19(24)21-8-7-18-22-16(11-27-18)13-5-6-15-17(10-13)26-20(25)23-15/h2-6,9-11H,7-8H2,1H3,(H,21,24)(H,23,25). The fourth-order valence-electron chi connectivity index (χ4n) is 2.83. The molecule has 0 saturated carbocycles. The summed E-state index contributed by atoms with van der Waals surface area (Å²) in [6.45, 7) is 2.48. The lowest BCUT2D eigenvalue weighted by Gasteiger charge is -2.04. The summed E-state index contributed by atoms with van der Waals surface area (Å²) in [7, 11) is 0. The Morgan fingerprint density at radius 1 is 1.26 bits per heavy atom. The summed E-state index contributed by atoms with van der Waals surface area (Å²) in [6, 6.07) is 13.0. The van der Waals surface area contributed by atoms with Gasteiger partial charge in [0.1, 0.15) is 0 Å². The SMILES string of the molecule is Cc1cccc(C(=O)NCCc2nc(-c3ccc4[nH]c(=O)oc4c3)cs2)c1. The first kappa shape index (κ1) is 17.2. The maximum Gasteiger partial charge on any atom is 0.417 e. The molecule has 0 spiro atoms. The van der Waals surface area contributed by atoms with Gasteiger partial charge in [0.05, 0.1) is 16.2 Å². The number of aromatic nitrogens is 2. The summed E-state index contributed by atoms with van der Waals surface area (Å²) in [5.41, 5.74) is 4.61. The van der Waals surface area contributed by atoms with Crippen molar-refractivity contribution < 1.29 is 9.21 Å². The first-order valence-electron chi connectivity index (χ1n) is 8.51. The number of oxazole rings is 1. The minimum absolute atomic E-state index is 0.0802. The molecule has 2 aromatic heterocycles. The summed E-state index contributed by atoms with van der Waals surface area (Å²) < 4.78 is 5.10. The summed E-state index contributed by atoms with van der Waals surface area (Å²) in [5.74, 6) is -0.547. The van der Waals surface area contributed by atoms with Gasteiger partial charge in [-0.25, -0.2) is 9.78 Å². The van der Waals surface area contributed by atoms with Gasteiger partial charge in [0.15, 0.2) is 5.58 Å². The van der Waals surface area contributed by atoms with Gasteiger partial charge in [0.25, 0.3) is 5.91 Å². The third-order valence-corrected chi connectivity index (χ3v) is 5.08. The fourth-order valence-corrected chi connectivity index (χ4v) is 3.64. The van der Waals surface area contributed by atoms with Crippen molar-refractivity contribution in [3.05, 3.63) is 74.5 Å². The topological polar surface area (TPSA) is 88.0 Å². The molecular formula is C20H17N3O3S. The van der Waals surface area contributed by atoms with Crippen LogP contribution in [0.4, 0.5) is 0 Å². The average Bonchev–Trinajstić information content (AvgIpc) is 3.26. The number of hydrogen-bond acceptors (Lipinski definition) is 5. The number of carbonyl (C=O) groups is 1. The van der Waals surface area contributed by atoms with Crippen LogP contribution in [0.1, 0.15) is 20.9 Å². The van der Waals surface area contributed by atoms with Gasteiger partial charge in [-0.05, 0) is 31.2 Å². The Morgan fingerprint density at radius 3 is 3.00 bits per heavy atom. The van der Waals surface area contributed by atoms with Crippen molar-refractivity contribution in [1.29, 1.82) is 0 Å². The molecule has 0 aliphatic carbocycles. The van der Waals surface area contributed by atoms with Gasteiger partial charge < -0.3 is 9.73 Å². The van der Waals surface area contributed by atoms with E-state index in [0.717, 1.165) is 21.8 Å². The summed E-state index contributed by atoms with van der Waals surface area (Å²) in [4.78, 5) is 30.7. The number of aryl methyl sites for hydroxylation is 1. The Kier molecular flexibility index (Phi) is 4.60. The molecule has 6 nitrogen and oxygen atoms in total. The van der Waals surface area contributed by atoms with E-state index in [1.807, 2.05) is 36.6 Å². The lowest BCUT2D eigenvalue weighted by molar-refractivity contribution is 0.0954. The second kappa shape index (κ2) is 7.20. The molecular weight excluding hydrogens is 362 g/mol. The first-order valence-corrected chi connectivity index (χ1v) is 9.39. The minimum Gasteiger partial charge on any atom is -0.408 e. The number of amides is 1. The van der Waals surface area contributed by atoms with Crippen LogP contribution < -0.4 is 11.1 Å². The molecule has 0 fully saturated rings. The number of aromatic amines is 1. The van der Waals surface area contributed by atoms with E-state index in [2.05, 4.69) is 15.3 Å². The van der Waals surface area contributed by atoms with Crippen molar-refractivity contribution in [1.82, 2.24) is 15.3 Å². The van der Waals surface area contributed by atoms with Crippen LogP contribution in [0.15, 0.2) is 57.1 Å². The van der Waals surface area contributed by atoms with Crippen molar-refractivity contribution in [2.45, 2.75) is 13.3 Å². The van der Waals surface area contributed by atoms with Crippen LogP contribution in [0.3, 0.4) is 0 Å². The van der Waals surface area contributed by atoms with Crippen molar-refractivity contribution in [2.24, 2.45) is 0 Å². The number of hydrogen-bond donors (Lipinski definition) is 2. The molecule has 0 radical (unpaired) electrons. The van der Waals surface area contributed by atoms with Gasteiger partial charge >= 0.3 is 5.76 Å². The second-order valence-electron chi connectivity index (χ2n) is 6.23. The van der Waals surface area contributed by atoms with Crippen LogP contribution in [-0.2, 0) is 6.42 Å². The molecule has 0 unspecified atom stereocenters. The normalized spacial score (nSPS) is 11.0. The Bertz CT molecular complexity index is 1170. The monoisotopic (exact) mass is 379 g/mol. The lowest BCUT2D eigenvalue weighted by Crippen LogP contribution is -2.25. The predicted molar refractivity (Wildman–Crippen MR) is 105 cm³/mol. The van der Waals surface area contributed by atoms with E-state index in [4.69, 9.17) is 4.42 Å². The maximum absolute atomic E-state index is 12.2. The van der Waals surface area contributed by atoms with E-state index in [0.29, 0.717) is 29.6 Å². The molecule has 136 valence electrons. The smallest absolute Gasteiger partial charge is 0.408 e.